The molecule has 0 saturated carbocycles. The SMILES string of the molecule is O=C(NCC(c1c(F)cccc1Cl)N1CCCC1)c1ccn(-c2ccccc2F)n1. The molecule has 0 aliphatic carbocycles. The van der Waals surface area contributed by atoms with Gasteiger partial charge in [-0.05, 0) is 56.3 Å². The van der Waals surface area contributed by atoms with Crippen molar-refractivity contribution in [1.29, 1.82) is 0 Å². The number of para-hydroxylation sites is 1. The van der Waals surface area contributed by atoms with Crippen molar-refractivity contribution < 1.29 is 13.6 Å². The van der Waals surface area contributed by atoms with E-state index in [1.165, 1.54) is 29.1 Å². The highest BCUT2D eigenvalue weighted by molar-refractivity contribution is 6.31. The van der Waals surface area contributed by atoms with Gasteiger partial charge in [0.1, 0.15) is 17.3 Å². The molecule has 1 N–H and O–H groups in total. The number of aromatic nitrogens is 2. The molecule has 0 radical (unpaired) electrons. The smallest absolute Gasteiger partial charge is 0.271 e. The summed E-state index contributed by atoms with van der Waals surface area (Å²) in [5.74, 6) is -1.24. The highest BCUT2D eigenvalue weighted by Gasteiger charge is 2.28. The van der Waals surface area contributed by atoms with Gasteiger partial charge in [-0.25, -0.2) is 13.5 Å². The lowest BCUT2D eigenvalue weighted by molar-refractivity contribution is 0.0931. The first-order valence-corrected chi connectivity index (χ1v) is 10.2. The van der Waals surface area contributed by atoms with E-state index in [0.29, 0.717) is 10.6 Å². The summed E-state index contributed by atoms with van der Waals surface area (Å²) in [7, 11) is 0. The van der Waals surface area contributed by atoms with Gasteiger partial charge in [0.25, 0.3) is 5.91 Å². The maximum absolute atomic E-state index is 14.6. The molecule has 1 amide bonds. The minimum atomic E-state index is -0.434. The van der Waals surface area contributed by atoms with E-state index in [9.17, 15) is 13.6 Å². The van der Waals surface area contributed by atoms with Crippen LogP contribution in [0.4, 0.5) is 8.78 Å². The minimum Gasteiger partial charge on any atom is -0.349 e. The zero-order valence-electron chi connectivity index (χ0n) is 16.2. The van der Waals surface area contributed by atoms with Crippen molar-refractivity contribution in [2.75, 3.05) is 19.6 Å². The summed E-state index contributed by atoms with van der Waals surface area (Å²) in [6.07, 6.45) is 3.56. The number of carbonyl (C=O) groups excluding carboxylic acids is 1. The van der Waals surface area contributed by atoms with E-state index in [-0.39, 0.29) is 24.0 Å². The average Bonchev–Trinajstić information content (AvgIpc) is 3.42. The van der Waals surface area contributed by atoms with Crippen LogP contribution in [0.15, 0.2) is 54.7 Å². The quantitative estimate of drug-likeness (QED) is 0.631. The number of hydrogen-bond acceptors (Lipinski definition) is 3. The van der Waals surface area contributed by atoms with Gasteiger partial charge in [-0.3, -0.25) is 9.69 Å². The van der Waals surface area contributed by atoms with E-state index in [0.717, 1.165) is 25.9 Å². The topological polar surface area (TPSA) is 50.2 Å². The first-order chi connectivity index (χ1) is 14.5. The van der Waals surface area contributed by atoms with Crippen LogP contribution in [0.1, 0.15) is 34.9 Å². The number of hydrogen-bond donors (Lipinski definition) is 1. The number of benzene rings is 2. The molecule has 8 heteroatoms. The Bertz CT molecular complexity index is 1030. The normalized spacial score (nSPS) is 15.3. The zero-order chi connectivity index (χ0) is 21.1. The fourth-order valence-electron chi connectivity index (χ4n) is 3.79. The molecule has 0 bridgehead atoms. The molecule has 1 aliphatic heterocycles. The van der Waals surface area contributed by atoms with Gasteiger partial charge in [0.15, 0.2) is 5.69 Å². The van der Waals surface area contributed by atoms with Gasteiger partial charge in [0.2, 0.25) is 0 Å². The van der Waals surface area contributed by atoms with Crippen molar-refractivity contribution >= 4 is 17.5 Å². The molecule has 1 atom stereocenters. The molecular formula is C22H21ClF2N4O. The van der Waals surface area contributed by atoms with E-state index >= 15 is 0 Å². The Labute approximate surface area is 178 Å². The molecule has 3 aromatic rings. The van der Waals surface area contributed by atoms with E-state index in [2.05, 4.69) is 15.3 Å². The summed E-state index contributed by atoms with van der Waals surface area (Å²) in [5.41, 5.74) is 0.793. The van der Waals surface area contributed by atoms with Crippen LogP contribution in [-0.2, 0) is 0 Å². The van der Waals surface area contributed by atoms with Gasteiger partial charge in [0.05, 0.1) is 6.04 Å². The summed E-state index contributed by atoms with van der Waals surface area (Å²) in [5, 5.41) is 7.35. The summed E-state index contributed by atoms with van der Waals surface area (Å²) in [6.45, 7) is 1.81. The second kappa shape index (κ2) is 8.93. The largest absolute Gasteiger partial charge is 0.349 e. The lowest BCUT2D eigenvalue weighted by Gasteiger charge is -2.29. The summed E-state index contributed by atoms with van der Waals surface area (Å²) in [6, 6.07) is 11.9. The Kier molecular flexibility index (Phi) is 6.11. The number of halogens is 3. The second-order valence-corrected chi connectivity index (χ2v) is 7.61. The lowest BCUT2D eigenvalue weighted by atomic mass is 10.0. The number of likely N-dealkylation sites (tertiary alicyclic amines) is 1. The standard InChI is InChI=1S/C22H21ClF2N4O/c23-15-6-5-8-17(25)21(15)20(28-11-3-4-12-28)14-26-22(30)18-10-13-29(27-18)19-9-2-1-7-16(19)24/h1-2,5-10,13,20H,3-4,11-12,14H2,(H,26,30). The third kappa shape index (κ3) is 4.22. The first-order valence-electron chi connectivity index (χ1n) is 9.81. The molecular weight excluding hydrogens is 410 g/mol. The van der Waals surface area contributed by atoms with Crippen LogP contribution >= 0.6 is 11.6 Å². The van der Waals surface area contributed by atoms with E-state index < -0.39 is 17.5 Å². The van der Waals surface area contributed by atoms with Gasteiger partial charge in [-0.1, -0.05) is 29.8 Å². The molecule has 5 nitrogen and oxygen atoms in total. The van der Waals surface area contributed by atoms with Crippen LogP contribution in [0, 0.1) is 11.6 Å². The van der Waals surface area contributed by atoms with Crippen LogP contribution in [0.25, 0.3) is 5.69 Å². The van der Waals surface area contributed by atoms with Crippen LogP contribution in [0.3, 0.4) is 0 Å². The molecule has 0 spiro atoms. The maximum atomic E-state index is 14.6. The van der Waals surface area contributed by atoms with E-state index in [1.54, 1.807) is 30.3 Å². The Morgan fingerprint density at radius 3 is 2.53 bits per heavy atom. The van der Waals surface area contributed by atoms with Crippen LogP contribution in [0.2, 0.25) is 5.02 Å². The molecule has 4 rings (SSSR count). The Morgan fingerprint density at radius 1 is 1.07 bits per heavy atom. The van der Waals surface area contributed by atoms with Gasteiger partial charge in [-0.15, -0.1) is 0 Å². The molecule has 1 fully saturated rings. The highest BCUT2D eigenvalue weighted by Crippen LogP contribution is 2.32. The highest BCUT2D eigenvalue weighted by atomic mass is 35.5. The van der Waals surface area contributed by atoms with Gasteiger partial charge >= 0.3 is 0 Å². The van der Waals surface area contributed by atoms with Crippen molar-refractivity contribution in [3.8, 4) is 5.69 Å². The van der Waals surface area contributed by atoms with Gasteiger partial charge < -0.3 is 5.32 Å². The number of rotatable bonds is 6. The molecule has 2 aromatic carbocycles. The van der Waals surface area contributed by atoms with Gasteiger partial charge in [0, 0.05) is 23.3 Å². The van der Waals surface area contributed by atoms with Crippen molar-refractivity contribution in [3.05, 3.63) is 82.6 Å². The van der Waals surface area contributed by atoms with Gasteiger partial charge in [-0.2, -0.15) is 5.10 Å². The molecule has 1 aromatic heterocycles. The first kappa shape index (κ1) is 20.5. The predicted molar refractivity (Wildman–Crippen MR) is 111 cm³/mol. The average molecular weight is 431 g/mol. The number of nitrogens with zero attached hydrogens (tertiary/aromatic N) is 3. The van der Waals surface area contributed by atoms with Crippen LogP contribution in [0.5, 0.6) is 0 Å². The van der Waals surface area contributed by atoms with Crippen molar-refractivity contribution in [3.63, 3.8) is 0 Å². The Balaban J connectivity index is 1.52. The van der Waals surface area contributed by atoms with Crippen molar-refractivity contribution in [1.82, 2.24) is 20.0 Å². The molecule has 2 heterocycles. The Morgan fingerprint density at radius 2 is 1.80 bits per heavy atom. The summed E-state index contributed by atoms with van der Waals surface area (Å²) in [4.78, 5) is 14.8. The molecule has 1 unspecified atom stereocenters. The maximum Gasteiger partial charge on any atom is 0.271 e. The second-order valence-electron chi connectivity index (χ2n) is 7.20. The van der Waals surface area contributed by atoms with Crippen molar-refractivity contribution in [2.45, 2.75) is 18.9 Å². The predicted octanol–water partition coefficient (Wildman–Crippen LogP) is 4.37. The van der Waals surface area contributed by atoms with E-state index in [1.807, 2.05) is 0 Å². The fraction of sp³-hybridized carbons (Fsp3) is 0.273. The number of carbonyl (C=O) groups is 1. The third-order valence-electron chi connectivity index (χ3n) is 5.29. The Hall–Kier alpha value is -2.77. The van der Waals surface area contributed by atoms with Crippen LogP contribution < -0.4 is 5.32 Å². The molecule has 30 heavy (non-hydrogen) atoms. The number of nitrogens with one attached hydrogen (secondary N) is 1. The third-order valence-corrected chi connectivity index (χ3v) is 5.62. The lowest BCUT2D eigenvalue weighted by Crippen LogP contribution is -2.37. The summed E-state index contributed by atoms with van der Waals surface area (Å²) < 4.78 is 29.8. The van der Waals surface area contributed by atoms with E-state index in [4.69, 9.17) is 11.6 Å². The molecule has 1 aliphatic rings. The summed E-state index contributed by atoms with van der Waals surface area (Å²) >= 11 is 6.29. The zero-order valence-corrected chi connectivity index (χ0v) is 16.9. The minimum absolute atomic E-state index is 0.151. The monoisotopic (exact) mass is 430 g/mol. The molecule has 156 valence electrons. The van der Waals surface area contributed by atoms with Crippen molar-refractivity contribution in [2.24, 2.45) is 0 Å². The fourth-order valence-corrected chi connectivity index (χ4v) is 4.08. The molecule has 1 saturated heterocycles. The van der Waals surface area contributed by atoms with Crippen LogP contribution in [-0.4, -0.2) is 40.2 Å². The number of amides is 1.